The Morgan fingerprint density at radius 1 is 1.24 bits per heavy atom. The molecule has 2 heteroatoms. The van der Waals surface area contributed by atoms with Gasteiger partial charge in [-0.15, -0.1) is 0 Å². The largest absolute Gasteiger partial charge is 0.310 e. The van der Waals surface area contributed by atoms with Crippen LogP contribution in [0.4, 0.5) is 0 Å². The summed E-state index contributed by atoms with van der Waals surface area (Å²) >= 11 is 3.47. The first-order valence-corrected chi connectivity index (χ1v) is 7.47. The molecule has 1 aliphatic rings. The molecule has 1 saturated carbocycles. The molecule has 1 N–H and O–H groups in total. The van der Waals surface area contributed by atoms with E-state index in [0.717, 1.165) is 22.9 Å². The maximum Gasteiger partial charge on any atom is 0.0208 e. The number of hydrogen-bond donors (Lipinski definition) is 1. The average Bonchev–Trinajstić information content (AvgIpc) is 2.69. The van der Waals surface area contributed by atoms with Gasteiger partial charge in [-0.3, -0.25) is 0 Å². The molecule has 0 amide bonds. The van der Waals surface area contributed by atoms with Crippen molar-refractivity contribution >= 4 is 15.9 Å². The van der Waals surface area contributed by atoms with Gasteiger partial charge < -0.3 is 5.32 Å². The fraction of sp³-hybridized carbons (Fsp3) is 0.600. The molecule has 0 aromatic heterocycles. The Labute approximate surface area is 113 Å². The molecule has 0 radical (unpaired) electrons. The fourth-order valence-corrected chi connectivity index (χ4v) is 3.23. The highest BCUT2D eigenvalue weighted by Gasteiger charge is 2.30. The smallest absolute Gasteiger partial charge is 0.0208 e. The lowest BCUT2D eigenvalue weighted by molar-refractivity contribution is 0.344. The van der Waals surface area contributed by atoms with Crippen LogP contribution in [0.3, 0.4) is 0 Å². The molecule has 0 aliphatic heterocycles. The molecule has 0 spiro atoms. The van der Waals surface area contributed by atoms with E-state index >= 15 is 0 Å². The van der Waals surface area contributed by atoms with E-state index in [1.54, 1.807) is 0 Å². The lowest BCUT2D eigenvalue weighted by Gasteiger charge is -2.21. The zero-order chi connectivity index (χ0) is 12.3. The standard InChI is InChI=1S/C15H22BrN/c1-3-13-6-9-15(11(13)2)17-10-12-4-7-14(16)8-5-12/h4-5,7-8,11,13,15,17H,3,6,9-10H2,1-2H3. The van der Waals surface area contributed by atoms with Gasteiger partial charge in [0.2, 0.25) is 0 Å². The molecule has 1 aromatic carbocycles. The summed E-state index contributed by atoms with van der Waals surface area (Å²) in [5, 5.41) is 3.72. The van der Waals surface area contributed by atoms with Gasteiger partial charge in [-0.1, -0.05) is 48.3 Å². The van der Waals surface area contributed by atoms with Crippen molar-refractivity contribution in [1.29, 1.82) is 0 Å². The molecule has 3 unspecified atom stereocenters. The van der Waals surface area contributed by atoms with Crippen LogP contribution in [0.5, 0.6) is 0 Å². The first kappa shape index (κ1) is 13.1. The molecule has 1 fully saturated rings. The summed E-state index contributed by atoms with van der Waals surface area (Å²) in [6.45, 7) is 5.72. The Morgan fingerprint density at radius 2 is 1.94 bits per heavy atom. The summed E-state index contributed by atoms with van der Waals surface area (Å²) in [4.78, 5) is 0. The van der Waals surface area contributed by atoms with Crippen LogP contribution in [-0.2, 0) is 6.54 Å². The topological polar surface area (TPSA) is 12.0 Å². The lowest BCUT2D eigenvalue weighted by atomic mass is 9.93. The maximum absolute atomic E-state index is 3.72. The van der Waals surface area contributed by atoms with Gasteiger partial charge in [-0.05, 0) is 42.4 Å². The summed E-state index contributed by atoms with van der Waals surface area (Å²) in [6, 6.07) is 9.32. The summed E-state index contributed by atoms with van der Waals surface area (Å²) in [6.07, 6.45) is 4.07. The lowest BCUT2D eigenvalue weighted by Crippen LogP contribution is -2.32. The second-order valence-electron chi connectivity index (χ2n) is 5.22. The van der Waals surface area contributed by atoms with Crippen LogP contribution >= 0.6 is 15.9 Å². The van der Waals surface area contributed by atoms with Crippen LogP contribution in [0.2, 0.25) is 0 Å². The molecule has 94 valence electrons. The van der Waals surface area contributed by atoms with Gasteiger partial charge in [0.15, 0.2) is 0 Å². The number of rotatable bonds is 4. The Morgan fingerprint density at radius 3 is 2.53 bits per heavy atom. The first-order chi connectivity index (χ1) is 8.20. The number of benzene rings is 1. The fourth-order valence-electron chi connectivity index (χ4n) is 2.96. The van der Waals surface area contributed by atoms with Crippen molar-refractivity contribution in [3.63, 3.8) is 0 Å². The number of halogens is 1. The molecule has 0 bridgehead atoms. The second kappa shape index (κ2) is 6.01. The average molecular weight is 296 g/mol. The van der Waals surface area contributed by atoms with Gasteiger partial charge in [-0.2, -0.15) is 0 Å². The monoisotopic (exact) mass is 295 g/mol. The van der Waals surface area contributed by atoms with E-state index in [4.69, 9.17) is 0 Å². The van der Waals surface area contributed by atoms with Crippen molar-refractivity contribution in [2.45, 2.75) is 45.7 Å². The molecule has 17 heavy (non-hydrogen) atoms. The molecule has 0 heterocycles. The molecule has 1 aromatic rings. The summed E-state index contributed by atoms with van der Waals surface area (Å²) < 4.78 is 1.15. The minimum Gasteiger partial charge on any atom is -0.310 e. The van der Waals surface area contributed by atoms with Crippen LogP contribution in [0, 0.1) is 11.8 Å². The van der Waals surface area contributed by atoms with Gasteiger partial charge in [0, 0.05) is 17.1 Å². The third-order valence-corrected chi connectivity index (χ3v) is 4.76. The predicted molar refractivity (Wildman–Crippen MR) is 76.9 cm³/mol. The third kappa shape index (κ3) is 3.32. The van der Waals surface area contributed by atoms with E-state index in [0.29, 0.717) is 6.04 Å². The van der Waals surface area contributed by atoms with E-state index in [1.165, 1.54) is 24.8 Å². The Hall–Kier alpha value is -0.340. The van der Waals surface area contributed by atoms with Gasteiger partial charge in [0.05, 0.1) is 0 Å². The van der Waals surface area contributed by atoms with Crippen molar-refractivity contribution in [3.8, 4) is 0 Å². The number of hydrogen-bond acceptors (Lipinski definition) is 1. The molecular weight excluding hydrogens is 274 g/mol. The number of nitrogens with one attached hydrogen (secondary N) is 1. The Kier molecular flexibility index (Phi) is 4.63. The minimum absolute atomic E-state index is 0.712. The van der Waals surface area contributed by atoms with E-state index < -0.39 is 0 Å². The van der Waals surface area contributed by atoms with Gasteiger partial charge in [0.1, 0.15) is 0 Å². The normalized spacial score (nSPS) is 28.5. The quantitative estimate of drug-likeness (QED) is 0.870. The third-order valence-electron chi connectivity index (χ3n) is 4.23. The highest BCUT2D eigenvalue weighted by Crippen LogP contribution is 2.33. The van der Waals surface area contributed by atoms with E-state index in [1.807, 2.05) is 0 Å². The van der Waals surface area contributed by atoms with Gasteiger partial charge in [0.25, 0.3) is 0 Å². The van der Waals surface area contributed by atoms with Crippen LogP contribution in [0.25, 0.3) is 0 Å². The van der Waals surface area contributed by atoms with Crippen molar-refractivity contribution in [2.75, 3.05) is 0 Å². The van der Waals surface area contributed by atoms with Crippen molar-refractivity contribution in [3.05, 3.63) is 34.3 Å². The van der Waals surface area contributed by atoms with Crippen molar-refractivity contribution in [1.82, 2.24) is 5.32 Å². The summed E-state index contributed by atoms with van der Waals surface area (Å²) in [5.41, 5.74) is 1.38. The van der Waals surface area contributed by atoms with Gasteiger partial charge in [-0.25, -0.2) is 0 Å². The van der Waals surface area contributed by atoms with Crippen LogP contribution in [-0.4, -0.2) is 6.04 Å². The molecule has 1 nitrogen and oxygen atoms in total. The van der Waals surface area contributed by atoms with Crippen LogP contribution in [0.15, 0.2) is 28.7 Å². The Bertz CT molecular complexity index is 346. The van der Waals surface area contributed by atoms with Crippen LogP contribution < -0.4 is 5.32 Å². The molecule has 3 atom stereocenters. The first-order valence-electron chi connectivity index (χ1n) is 6.68. The maximum atomic E-state index is 3.72. The molecule has 0 saturated heterocycles. The highest BCUT2D eigenvalue weighted by molar-refractivity contribution is 9.10. The van der Waals surface area contributed by atoms with Crippen molar-refractivity contribution < 1.29 is 0 Å². The second-order valence-corrected chi connectivity index (χ2v) is 6.13. The van der Waals surface area contributed by atoms with Crippen molar-refractivity contribution in [2.24, 2.45) is 11.8 Å². The summed E-state index contributed by atoms with van der Waals surface area (Å²) in [7, 11) is 0. The molecule has 2 rings (SSSR count). The molecule has 1 aliphatic carbocycles. The van der Waals surface area contributed by atoms with E-state index in [9.17, 15) is 0 Å². The SMILES string of the molecule is CCC1CCC(NCc2ccc(Br)cc2)C1C. The van der Waals surface area contributed by atoms with Gasteiger partial charge >= 0.3 is 0 Å². The zero-order valence-electron chi connectivity index (χ0n) is 10.7. The predicted octanol–water partition coefficient (Wildman–Crippen LogP) is 4.36. The molecular formula is C15H22BrN. The summed E-state index contributed by atoms with van der Waals surface area (Å²) in [5.74, 6) is 1.76. The van der Waals surface area contributed by atoms with E-state index in [2.05, 4.69) is 59.4 Å². The minimum atomic E-state index is 0.712. The zero-order valence-corrected chi connectivity index (χ0v) is 12.3. The highest BCUT2D eigenvalue weighted by atomic mass is 79.9. The van der Waals surface area contributed by atoms with Crippen LogP contribution in [0.1, 0.15) is 38.7 Å². The van der Waals surface area contributed by atoms with E-state index in [-0.39, 0.29) is 0 Å². The Balaban J connectivity index is 1.84.